The number of rotatable bonds is 5. The largest absolute Gasteiger partial charge is 0.495 e. The van der Waals surface area contributed by atoms with Crippen LogP contribution in [0.2, 0.25) is 5.02 Å². The third-order valence-corrected chi connectivity index (χ3v) is 3.23. The van der Waals surface area contributed by atoms with Crippen LogP contribution in [0.5, 0.6) is 17.5 Å². The molecule has 0 spiro atoms. The van der Waals surface area contributed by atoms with Gasteiger partial charge in [0.15, 0.2) is 5.82 Å². The van der Waals surface area contributed by atoms with Gasteiger partial charge in [-0.25, -0.2) is 0 Å². The summed E-state index contributed by atoms with van der Waals surface area (Å²) in [6, 6.07) is 4.58. The van der Waals surface area contributed by atoms with Crippen molar-refractivity contribution >= 4 is 17.3 Å². The molecule has 0 aliphatic heterocycles. The Kier molecular flexibility index (Phi) is 4.89. The third-order valence-electron chi connectivity index (χ3n) is 3.01. The maximum absolute atomic E-state index is 10.5. The molecule has 118 valence electrons. The standard InChI is InChI=1S/C14H16ClN3O4/c1-20-9-5-7(15)4-8(12(9)16)13(19)14-17-10(21-2)6-11(18-14)22-3/h4-6,13,19H,16H2,1-3H3. The number of methoxy groups -OCH3 is 3. The zero-order chi connectivity index (χ0) is 16.3. The van der Waals surface area contributed by atoms with Crippen LogP contribution in [0.3, 0.4) is 0 Å². The fraction of sp³-hybridized carbons (Fsp3) is 0.286. The second kappa shape index (κ2) is 6.67. The summed E-state index contributed by atoms with van der Waals surface area (Å²) in [5.74, 6) is 0.950. The Balaban J connectivity index is 2.52. The third kappa shape index (κ3) is 3.15. The number of benzene rings is 1. The lowest BCUT2D eigenvalue weighted by molar-refractivity contribution is 0.206. The average molecular weight is 326 g/mol. The van der Waals surface area contributed by atoms with Crippen molar-refractivity contribution in [2.45, 2.75) is 6.10 Å². The van der Waals surface area contributed by atoms with Gasteiger partial charge in [0.05, 0.1) is 33.1 Å². The first-order valence-corrected chi connectivity index (χ1v) is 6.65. The van der Waals surface area contributed by atoms with Gasteiger partial charge in [0.1, 0.15) is 11.9 Å². The maximum atomic E-state index is 10.5. The predicted octanol–water partition coefficient (Wildman–Crippen LogP) is 1.82. The summed E-state index contributed by atoms with van der Waals surface area (Å²) in [5, 5.41) is 10.9. The van der Waals surface area contributed by atoms with Crippen molar-refractivity contribution in [1.29, 1.82) is 0 Å². The molecule has 2 aromatic rings. The van der Waals surface area contributed by atoms with E-state index in [4.69, 9.17) is 31.5 Å². The topological polar surface area (TPSA) is 99.7 Å². The summed E-state index contributed by atoms with van der Waals surface area (Å²) in [6.45, 7) is 0. The van der Waals surface area contributed by atoms with E-state index in [1.807, 2.05) is 0 Å². The molecule has 0 aliphatic rings. The number of halogens is 1. The summed E-state index contributed by atoms with van der Waals surface area (Å²) in [6.07, 6.45) is -1.21. The quantitative estimate of drug-likeness (QED) is 0.809. The minimum atomic E-state index is -1.21. The van der Waals surface area contributed by atoms with Crippen LogP contribution in [0.1, 0.15) is 17.5 Å². The summed E-state index contributed by atoms with van der Waals surface area (Å²) < 4.78 is 15.2. The number of aliphatic hydroxyl groups excluding tert-OH is 1. The lowest BCUT2D eigenvalue weighted by Crippen LogP contribution is -2.10. The molecule has 3 N–H and O–H groups in total. The van der Waals surface area contributed by atoms with Gasteiger partial charge in [-0.05, 0) is 6.07 Å². The van der Waals surface area contributed by atoms with Gasteiger partial charge in [-0.1, -0.05) is 11.6 Å². The molecular formula is C14H16ClN3O4. The molecule has 8 heteroatoms. The zero-order valence-corrected chi connectivity index (χ0v) is 13.1. The summed E-state index contributed by atoms with van der Waals surface area (Å²) in [7, 11) is 4.37. The first kappa shape index (κ1) is 16.1. The number of aliphatic hydroxyl groups is 1. The molecule has 1 atom stereocenters. The molecule has 0 saturated heterocycles. The molecule has 1 unspecified atom stereocenters. The van der Waals surface area contributed by atoms with Crippen LogP contribution in [0.4, 0.5) is 5.69 Å². The van der Waals surface area contributed by atoms with E-state index < -0.39 is 6.10 Å². The lowest BCUT2D eigenvalue weighted by Gasteiger charge is -2.16. The Bertz CT molecular complexity index is 659. The predicted molar refractivity (Wildman–Crippen MR) is 81.6 cm³/mol. The molecule has 7 nitrogen and oxygen atoms in total. The van der Waals surface area contributed by atoms with E-state index in [0.717, 1.165) is 0 Å². The van der Waals surface area contributed by atoms with E-state index in [9.17, 15) is 5.11 Å². The second-order valence-electron chi connectivity index (χ2n) is 4.32. The SMILES string of the molecule is COc1cc(OC)nc(C(O)c2cc(Cl)cc(OC)c2N)n1. The van der Waals surface area contributed by atoms with Crippen LogP contribution < -0.4 is 19.9 Å². The van der Waals surface area contributed by atoms with E-state index in [2.05, 4.69) is 9.97 Å². The zero-order valence-electron chi connectivity index (χ0n) is 12.3. The van der Waals surface area contributed by atoms with Gasteiger partial charge < -0.3 is 25.1 Å². The van der Waals surface area contributed by atoms with Crippen LogP contribution in [0.25, 0.3) is 0 Å². The number of anilines is 1. The van der Waals surface area contributed by atoms with Crippen molar-refractivity contribution in [3.8, 4) is 17.5 Å². The molecule has 2 rings (SSSR count). The van der Waals surface area contributed by atoms with Gasteiger partial charge in [0, 0.05) is 16.7 Å². The average Bonchev–Trinajstić information content (AvgIpc) is 2.55. The van der Waals surface area contributed by atoms with Crippen LogP contribution in [-0.4, -0.2) is 36.4 Å². The molecule has 0 bridgehead atoms. The number of ether oxygens (including phenoxy) is 3. The van der Waals surface area contributed by atoms with Gasteiger partial charge in [-0.2, -0.15) is 9.97 Å². The molecule has 0 radical (unpaired) electrons. The van der Waals surface area contributed by atoms with Gasteiger partial charge in [0.25, 0.3) is 0 Å². The molecular weight excluding hydrogens is 310 g/mol. The van der Waals surface area contributed by atoms with E-state index in [1.165, 1.54) is 33.5 Å². The molecule has 0 aliphatic carbocycles. The Morgan fingerprint density at radius 2 is 1.64 bits per heavy atom. The highest BCUT2D eigenvalue weighted by atomic mass is 35.5. The van der Waals surface area contributed by atoms with Crippen LogP contribution >= 0.6 is 11.6 Å². The highest BCUT2D eigenvalue weighted by molar-refractivity contribution is 6.31. The summed E-state index contributed by atoms with van der Waals surface area (Å²) in [5.41, 5.74) is 6.57. The van der Waals surface area contributed by atoms with Crippen LogP contribution in [-0.2, 0) is 0 Å². The molecule has 0 amide bonds. The van der Waals surface area contributed by atoms with Crippen molar-refractivity contribution < 1.29 is 19.3 Å². The molecule has 0 fully saturated rings. The molecule has 0 saturated carbocycles. The monoisotopic (exact) mass is 325 g/mol. The number of nitrogens with two attached hydrogens (primary N) is 1. The fourth-order valence-electron chi connectivity index (χ4n) is 1.90. The van der Waals surface area contributed by atoms with E-state index in [0.29, 0.717) is 16.3 Å². The number of nitrogen functional groups attached to an aromatic ring is 1. The minimum Gasteiger partial charge on any atom is -0.495 e. The Morgan fingerprint density at radius 1 is 1.05 bits per heavy atom. The van der Waals surface area contributed by atoms with E-state index in [1.54, 1.807) is 6.07 Å². The number of aromatic nitrogens is 2. The van der Waals surface area contributed by atoms with Crippen molar-refractivity contribution in [2.75, 3.05) is 27.1 Å². The van der Waals surface area contributed by atoms with Crippen molar-refractivity contribution in [1.82, 2.24) is 9.97 Å². The van der Waals surface area contributed by atoms with Gasteiger partial charge in [-0.3, -0.25) is 0 Å². The maximum Gasteiger partial charge on any atom is 0.220 e. The molecule has 1 aromatic heterocycles. The number of hydrogen-bond acceptors (Lipinski definition) is 7. The number of nitrogens with zero attached hydrogens (tertiary/aromatic N) is 2. The Labute approximate surface area is 132 Å². The van der Waals surface area contributed by atoms with Crippen molar-refractivity contribution in [3.63, 3.8) is 0 Å². The normalized spacial score (nSPS) is 11.9. The molecule has 1 aromatic carbocycles. The van der Waals surface area contributed by atoms with Gasteiger partial charge in [0.2, 0.25) is 11.8 Å². The molecule has 1 heterocycles. The van der Waals surface area contributed by atoms with Crippen molar-refractivity contribution in [2.24, 2.45) is 0 Å². The van der Waals surface area contributed by atoms with Gasteiger partial charge >= 0.3 is 0 Å². The highest BCUT2D eigenvalue weighted by Crippen LogP contribution is 2.35. The van der Waals surface area contributed by atoms with Crippen LogP contribution in [0.15, 0.2) is 18.2 Å². The first-order chi connectivity index (χ1) is 10.5. The fourth-order valence-corrected chi connectivity index (χ4v) is 2.12. The minimum absolute atomic E-state index is 0.0761. The number of hydrogen-bond donors (Lipinski definition) is 2. The van der Waals surface area contributed by atoms with E-state index in [-0.39, 0.29) is 23.3 Å². The highest BCUT2D eigenvalue weighted by Gasteiger charge is 2.21. The summed E-state index contributed by atoms with van der Waals surface area (Å²) in [4.78, 5) is 8.20. The smallest absolute Gasteiger partial charge is 0.220 e. The second-order valence-corrected chi connectivity index (χ2v) is 4.76. The van der Waals surface area contributed by atoms with Crippen LogP contribution in [0, 0.1) is 0 Å². The molecule has 22 heavy (non-hydrogen) atoms. The lowest BCUT2D eigenvalue weighted by atomic mass is 10.1. The summed E-state index contributed by atoms with van der Waals surface area (Å²) >= 11 is 6.01. The Morgan fingerprint density at radius 3 is 2.14 bits per heavy atom. The first-order valence-electron chi connectivity index (χ1n) is 6.28. The van der Waals surface area contributed by atoms with Gasteiger partial charge in [-0.15, -0.1) is 0 Å². The van der Waals surface area contributed by atoms with E-state index >= 15 is 0 Å². The van der Waals surface area contributed by atoms with Crippen molar-refractivity contribution in [3.05, 3.63) is 34.6 Å². The Hall–Kier alpha value is -2.25.